The molecule has 0 atom stereocenters. The van der Waals surface area contributed by atoms with Crippen LogP contribution in [0.1, 0.15) is 22.4 Å². The molecule has 1 N–H and O–H groups in total. The number of benzene rings is 1. The summed E-state index contributed by atoms with van der Waals surface area (Å²) in [5, 5.41) is 9.13. The van der Waals surface area contributed by atoms with Crippen molar-refractivity contribution in [3.63, 3.8) is 0 Å². The summed E-state index contributed by atoms with van der Waals surface area (Å²) >= 11 is 0. The van der Waals surface area contributed by atoms with E-state index in [4.69, 9.17) is 10.1 Å². The van der Waals surface area contributed by atoms with E-state index in [1.54, 1.807) is 0 Å². The molecule has 4 rings (SSSR count). The number of hydrogen-bond donors (Lipinski definition) is 1. The molecule has 1 amide bonds. The number of pyridine rings is 1. The number of aliphatic hydroxyl groups is 1. The molecule has 3 aromatic rings. The summed E-state index contributed by atoms with van der Waals surface area (Å²) in [5.74, 6) is 0.132. The Bertz CT molecular complexity index is 1060. The predicted octanol–water partition coefficient (Wildman–Crippen LogP) is 2.61. The van der Waals surface area contributed by atoms with Crippen LogP contribution in [0.3, 0.4) is 0 Å². The molecule has 158 valence electrons. The van der Waals surface area contributed by atoms with E-state index < -0.39 is 0 Å². The zero-order valence-corrected chi connectivity index (χ0v) is 18.1. The van der Waals surface area contributed by atoms with Gasteiger partial charge in [0.25, 0.3) is 0 Å². The van der Waals surface area contributed by atoms with Crippen LogP contribution >= 0.6 is 0 Å². The number of amides is 1. The van der Waals surface area contributed by atoms with Gasteiger partial charge in [-0.25, -0.2) is 4.98 Å². The SMILES string of the molecule is Cc1ccc(-c2nc3c(C)cccn3c2CC(=O)N2CCN(CCO)CC2)cc1C. The lowest BCUT2D eigenvalue weighted by Crippen LogP contribution is -2.49. The molecular weight excluding hydrogens is 376 g/mol. The third-order valence-corrected chi connectivity index (χ3v) is 6.18. The van der Waals surface area contributed by atoms with Crippen LogP contribution in [0.4, 0.5) is 0 Å². The van der Waals surface area contributed by atoms with Crippen LogP contribution < -0.4 is 0 Å². The Balaban J connectivity index is 1.66. The molecule has 1 saturated heterocycles. The average molecular weight is 407 g/mol. The molecule has 2 aromatic heterocycles. The van der Waals surface area contributed by atoms with Crippen LogP contribution in [0.2, 0.25) is 0 Å². The Kier molecular flexibility index (Phi) is 5.88. The molecule has 0 unspecified atom stereocenters. The fraction of sp³-hybridized carbons (Fsp3) is 0.417. The molecule has 6 nitrogen and oxygen atoms in total. The number of carbonyl (C=O) groups is 1. The van der Waals surface area contributed by atoms with E-state index in [9.17, 15) is 4.79 Å². The number of β-amino-alcohol motifs (C(OH)–C–C–N with tert-alkyl or cyclic N) is 1. The van der Waals surface area contributed by atoms with Crippen LogP contribution in [-0.4, -0.2) is 69.5 Å². The maximum Gasteiger partial charge on any atom is 0.228 e. The topological polar surface area (TPSA) is 61.1 Å². The first kappa shape index (κ1) is 20.6. The Labute approximate surface area is 177 Å². The standard InChI is InChI=1S/C24H30N4O2/c1-17-6-7-20(15-19(17)3)23-21(28-8-4-5-18(2)24(28)25-23)16-22(30)27-11-9-26(10-12-27)13-14-29/h4-8,15,29H,9-14,16H2,1-3H3. The molecule has 30 heavy (non-hydrogen) atoms. The smallest absolute Gasteiger partial charge is 0.228 e. The number of hydrogen-bond acceptors (Lipinski definition) is 4. The summed E-state index contributed by atoms with van der Waals surface area (Å²) in [4.78, 5) is 22.3. The molecule has 6 heteroatoms. The maximum absolute atomic E-state index is 13.2. The summed E-state index contributed by atoms with van der Waals surface area (Å²) in [6, 6.07) is 10.4. The normalized spacial score (nSPS) is 15.1. The van der Waals surface area contributed by atoms with Gasteiger partial charge in [-0.15, -0.1) is 0 Å². The molecule has 0 radical (unpaired) electrons. The fourth-order valence-corrected chi connectivity index (χ4v) is 4.16. The minimum Gasteiger partial charge on any atom is -0.395 e. The number of aromatic nitrogens is 2. The van der Waals surface area contributed by atoms with Gasteiger partial charge < -0.3 is 14.4 Å². The molecule has 3 heterocycles. The highest BCUT2D eigenvalue weighted by Crippen LogP contribution is 2.28. The number of aliphatic hydroxyl groups excluding tert-OH is 1. The van der Waals surface area contributed by atoms with Crippen LogP contribution in [0, 0.1) is 20.8 Å². The molecule has 1 aliphatic heterocycles. The van der Waals surface area contributed by atoms with Gasteiger partial charge in [0, 0.05) is 44.5 Å². The van der Waals surface area contributed by atoms with Crippen LogP contribution in [-0.2, 0) is 11.2 Å². The molecule has 0 aliphatic carbocycles. The summed E-state index contributed by atoms with van der Waals surface area (Å²) in [5.41, 5.74) is 7.35. The van der Waals surface area contributed by atoms with E-state index in [2.05, 4.69) is 54.3 Å². The fourth-order valence-electron chi connectivity index (χ4n) is 4.16. The minimum absolute atomic E-state index is 0.132. The second-order valence-corrected chi connectivity index (χ2v) is 8.21. The van der Waals surface area contributed by atoms with Gasteiger partial charge in [0.05, 0.1) is 24.4 Å². The molecule has 0 bridgehead atoms. The zero-order chi connectivity index (χ0) is 21.3. The van der Waals surface area contributed by atoms with E-state index in [1.165, 1.54) is 11.1 Å². The van der Waals surface area contributed by atoms with Gasteiger partial charge in [-0.3, -0.25) is 9.69 Å². The second kappa shape index (κ2) is 8.58. The molecule has 1 aromatic carbocycles. The Hall–Kier alpha value is -2.70. The monoisotopic (exact) mass is 406 g/mol. The number of imidazole rings is 1. The first-order chi connectivity index (χ1) is 14.5. The average Bonchev–Trinajstić information content (AvgIpc) is 3.10. The minimum atomic E-state index is 0.132. The van der Waals surface area contributed by atoms with E-state index >= 15 is 0 Å². The zero-order valence-electron chi connectivity index (χ0n) is 18.1. The van der Waals surface area contributed by atoms with Crippen molar-refractivity contribution in [3.05, 3.63) is 58.9 Å². The van der Waals surface area contributed by atoms with Gasteiger partial charge >= 0.3 is 0 Å². The largest absolute Gasteiger partial charge is 0.395 e. The highest BCUT2D eigenvalue weighted by atomic mass is 16.3. The summed E-state index contributed by atoms with van der Waals surface area (Å²) in [7, 11) is 0. The number of aryl methyl sites for hydroxylation is 3. The van der Waals surface area contributed by atoms with Gasteiger partial charge in [0.15, 0.2) is 0 Å². The van der Waals surface area contributed by atoms with Crippen LogP contribution in [0.15, 0.2) is 36.5 Å². The quantitative estimate of drug-likeness (QED) is 0.708. The molecular formula is C24H30N4O2. The van der Waals surface area contributed by atoms with E-state index in [0.29, 0.717) is 26.1 Å². The predicted molar refractivity (Wildman–Crippen MR) is 119 cm³/mol. The van der Waals surface area contributed by atoms with Gasteiger partial charge in [-0.1, -0.05) is 18.2 Å². The van der Waals surface area contributed by atoms with E-state index in [-0.39, 0.29) is 12.5 Å². The number of fused-ring (bicyclic) bond motifs is 1. The molecule has 0 saturated carbocycles. The lowest BCUT2D eigenvalue weighted by molar-refractivity contribution is -0.132. The molecule has 1 fully saturated rings. The number of piperazine rings is 1. The number of rotatable bonds is 5. The van der Waals surface area contributed by atoms with Crippen LogP contribution in [0.25, 0.3) is 16.9 Å². The lowest BCUT2D eigenvalue weighted by Gasteiger charge is -2.34. The van der Waals surface area contributed by atoms with Gasteiger partial charge in [-0.2, -0.15) is 0 Å². The highest BCUT2D eigenvalue weighted by molar-refractivity contribution is 5.82. The second-order valence-electron chi connectivity index (χ2n) is 8.21. The third-order valence-electron chi connectivity index (χ3n) is 6.18. The van der Waals surface area contributed by atoms with Crippen molar-refractivity contribution in [2.75, 3.05) is 39.3 Å². The van der Waals surface area contributed by atoms with Crippen molar-refractivity contribution in [1.82, 2.24) is 19.2 Å². The van der Waals surface area contributed by atoms with Crippen molar-refractivity contribution in [2.45, 2.75) is 27.2 Å². The Morgan fingerprint density at radius 3 is 2.50 bits per heavy atom. The van der Waals surface area contributed by atoms with Gasteiger partial charge in [-0.05, 0) is 49.6 Å². The Morgan fingerprint density at radius 2 is 1.80 bits per heavy atom. The number of nitrogens with zero attached hydrogens (tertiary/aromatic N) is 4. The lowest BCUT2D eigenvalue weighted by atomic mass is 10.0. The third kappa shape index (κ3) is 3.98. The van der Waals surface area contributed by atoms with Crippen molar-refractivity contribution in [3.8, 4) is 11.3 Å². The van der Waals surface area contributed by atoms with Crippen molar-refractivity contribution >= 4 is 11.6 Å². The first-order valence-corrected chi connectivity index (χ1v) is 10.6. The summed E-state index contributed by atoms with van der Waals surface area (Å²) < 4.78 is 2.07. The van der Waals surface area contributed by atoms with Crippen molar-refractivity contribution in [1.29, 1.82) is 0 Å². The first-order valence-electron chi connectivity index (χ1n) is 10.6. The summed E-state index contributed by atoms with van der Waals surface area (Å²) in [6.45, 7) is 10.1. The van der Waals surface area contributed by atoms with Crippen LogP contribution in [0.5, 0.6) is 0 Å². The highest BCUT2D eigenvalue weighted by Gasteiger charge is 2.24. The molecule has 1 aliphatic rings. The van der Waals surface area contributed by atoms with Gasteiger partial charge in [0.2, 0.25) is 5.91 Å². The van der Waals surface area contributed by atoms with Gasteiger partial charge in [0.1, 0.15) is 5.65 Å². The van der Waals surface area contributed by atoms with Crippen molar-refractivity contribution in [2.24, 2.45) is 0 Å². The maximum atomic E-state index is 13.2. The Morgan fingerprint density at radius 1 is 1.03 bits per heavy atom. The summed E-state index contributed by atoms with van der Waals surface area (Å²) in [6.07, 6.45) is 2.33. The van der Waals surface area contributed by atoms with Crippen molar-refractivity contribution < 1.29 is 9.90 Å². The number of carbonyl (C=O) groups excluding carboxylic acids is 1. The van der Waals surface area contributed by atoms with E-state index in [0.717, 1.165) is 41.3 Å². The molecule has 0 spiro atoms. The van der Waals surface area contributed by atoms with E-state index in [1.807, 2.05) is 17.2 Å².